The molecule has 1 unspecified atom stereocenters. The summed E-state index contributed by atoms with van der Waals surface area (Å²) in [4.78, 5) is 0. The lowest BCUT2D eigenvalue weighted by Crippen LogP contribution is -2.19. The van der Waals surface area contributed by atoms with Crippen LogP contribution in [0.4, 0.5) is 5.82 Å². The molecule has 1 saturated heterocycles. The topological polar surface area (TPSA) is 52.0 Å². The van der Waals surface area contributed by atoms with Crippen molar-refractivity contribution < 1.29 is 4.52 Å². The predicted octanol–water partition coefficient (Wildman–Crippen LogP) is 2.26. The van der Waals surface area contributed by atoms with Gasteiger partial charge >= 0.3 is 0 Å². The number of rotatable bonds is 1. The molecule has 0 aliphatic carbocycles. The van der Waals surface area contributed by atoms with E-state index in [4.69, 9.17) is 10.3 Å². The first-order valence-electron chi connectivity index (χ1n) is 4.45. The van der Waals surface area contributed by atoms with Crippen LogP contribution in [0.2, 0.25) is 0 Å². The molecule has 2 rings (SSSR count). The molecule has 1 fully saturated rings. The van der Waals surface area contributed by atoms with Gasteiger partial charge in [0, 0.05) is 16.7 Å². The Morgan fingerprint density at radius 3 is 2.92 bits per heavy atom. The molecule has 1 aliphatic rings. The van der Waals surface area contributed by atoms with Crippen molar-refractivity contribution >= 4 is 17.6 Å². The Balaban J connectivity index is 2.26. The smallest absolute Gasteiger partial charge is 0.167 e. The summed E-state index contributed by atoms with van der Waals surface area (Å²) in [6, 6.07) is 1.85. The summed E-state index contributed by atoms with van der Waals surface area (Å²) in [6.07, 6.45) is 1.16. The third kappa shape index (κ3) is 1.55. The number of anilines is 1. The Morgan fingerprint density at radius 2 is 2.46 bits per heavy atom. The van der Waals surface area contributed by atoms with Gasteiger partial charge in [0.15, 0.2) is 5.82 Å². The van der Waals surface area contributed by atoms with Gasteiger partial charge in [-0.2, -0.15) is 11.8 Å². The molecule has 2 heterocycles. The van der Waals surface area contributed by atoms with Gasteiger partial charge in [-0.15, -0.1) is 0 Å². The van der Waals surface area contributed by atoms with Crippen LogP contribution in [0.25, 0.3) is 0 Å². The SMILES string of the molecule is CC1(C)SCCC1c1cc(N)no1. The first-order valence-corrected chi connectivity index (χ1v) is 5.44. The predicted molar refractivity (Wildman–Crippen MR) is 54.8 cm³/mol. The third-order valence-electron chi connectivity index (χ3n) is 2.61. The van der Waals surface area contributed by atoms with E-state index in [9.17, 15) is 0 Å². The lowest BCUT2D eigenvalue weighted by atomic mass is 9.90. The molecule has 3 nitrogen and oxygen atoms in total. The van der Waals surface area contributed by atoms with Crippen LogP contribution in [0.1, 0.15) is 31.9 Å². The summed E-state index contributed by atoms with van der Waals surface area (Å²) < 4.78 is 5.45. The lowest BCUT2D eigenvalue weighted by molar-refractivity contribution is 0.344. The Bertz CT molecular complexity index is 308. The molecule has 1 atom stereocenters. The largest absolute Gasteiger partial charge is 0.381 e. The molecule has 0 aromatic carbocycles. The molecule has 1 aliphatic heterocycles. The van der Waals surface area contributed by atoms with Gasteiger partial charge in [-0.05, 0) is 26.0 Å². The van der Waals surface area contributed by atoms with E-state index in [0.717, 1.165) is 12.2 Å². The van der Waals surface area contributed by atoms with E-state index in [-0.39, 0.29) is 4.75 Å². The van der Waals surface area contributed by atoms with Gasteiger partial charge in [0.1, 0.15) is 5.76 Å². The Morgan fingerprint density at radius 1 is 1.69 bits per heavy atom. The highest BCUT2D eigenvalue weighted by Crippen LogP contribution is 2.48. The fourth-order valence-corrected chi connectivity index (χ4v) is 3.16. The summed E-state index contributed by atoms with van der Waals surface area (Å²) in [7, 11) is 0. The number of nitrogen functional groups attached to an aromatic ring is 1. The molecule has 1 aromatic rings. The highest BCUT2D eigenvalue weighted by molar-refractivity contribution is 8.00. The zero-order valence-electron chi connectivity index (χ0n) is 7.91. The minimum Gasteiger partial charge on any atom is -0.381 e. The highest BCUT2D eigenvalue weighted by Gasteiger charge is 2.38. The zero-order chi connectivity index (χ0) is 9.47. The monoisotopic (exact) mass is 198 g/mol. The van der Waals surface area contributed by atoms with Crippen LogP contribution in [-0.4, -0.2) is 15.7 Å². The molecular formula is C9H14N2OS. The minimum atomic E-state index is 0.256. The van der Waals surface area contributed by atoms with Gasteiger partial charge in [-0.3, -0.25) is 0 Å². The fourth-order valence-electron chi connectivity index (χ4n) is 1.84. The van der Waals surface area contributed by atoms with E-state index >= 15 is 0 Å². The summed E-state index contributed by atoms with van der Waals surface area (Å²) >= 11 is 1.98. The van der Waals surface area contributed by atoms with Gasteiger partial charge < -0.3 is 10.3 Å². The number of nitrogens with two attached hydrogens (primary N) is 1. The van der Waals surface area contributed by atoms with Gasteiger partial charge in [0.05, 0.1) is 0 Å². The summed E-state index contributed by atoms with van der Waals surface area (Å²) in [5, 5.41) is 3.72. The van der Waals surface area contributed by atoms with E-state index in [1.807, 2.05) is 17.8 Å². The van der Waals surface area contributed by atoms with Gasteiger partial charge in [0.25, 0.3) is 0 Å². The molecular weight excluding hydrogens is 184 g/mol. The third-order valence-corrected chi connectivity index (χ3v) is 4.08. The van der Waals surface area contributed by atoms with Gasteiger partial charge in [-0.25, -0.2) is 0 Å². The van der Waals surface area contributed by atoms with E-state index in [2.05, 4.69) is 19.0 Å². The van der Waals surface area contributed by atoms with Crippen molar-refractivity contribution in [3.63, 3.8) is 0 Å². The first-order chi connectivity index (χ1) is 6.09. The van der Waals surface area contributed by atoms with Crippen molar-refractivity contribution in [2.75, 3.05) is 11.5 Å². The van der Waals surface area contributed by atoms with E-state index in [0.29, 0.717) is 11.7 Å². The Kier molecular flexibility index (Phi) is 2.02. The van der Waals surface area contributed by atoms with Crippen LogP contribution < -0.4 is 5.73 Å². The number of hydrogen-bond donors (Lipinski definition) is 1. The van der Waals surface area contributed by atoms with Gasteiger partial charge in [0.2, 0.25) is 0 Å². The molecule has 72 valence electrons. The minimum absolute atomic E-state index is 0.256. The maximum Gasteiger partial charge on any atom is 0.167 e. The number of nitrogens with zero attached hydrogens (tertiary/aromatic N) is 1. The highest BCUT2D eigenvalue weighted by atomic mass is 32.2. The molecule has 2 N–H and O–H groups in total. The van der Waals surface area contributed by atoms with Crippen LogP contribution in [-0.2, 0) is 0 Å². The normalized spacial score (nSPS) is 26.5. The molecule has 0 amide bonds. The second-order valence-corrected chi connectivity index (χ2v) is 5.70. The molecule has 0 radical (unpaired) electrons. The summed E-state index contributed by atoms with van der Waals surface area (Å²) in [6.45, 7) is 4.49. The first kappa shape index (κ1) is 8.94. The number of aromatic nitrogens is 1. The van der Waals surface area contributed by atoms with Crippen molar-refractivity contribution in [2.45, 2.75) is 30.9 Å². The van der Waals surface area contributed by atoms with E-state index in [1.165, 1.54) is 5.75 Å². The van der Waals surface area contributed by atoms with Gasteiger partial charge in [-0.1, -0.05) is 5.16 Å². The quantitative estimate of drug-likeness (QED) is 0.752. The van der Waals surface area contributed by atoms with E-state index in [1.54, 1.807) is 0 Å². The summed E-state index contributed by atoms with van der Waals surface area (Å²) in [5.74, 6) is 3.08. The van der Waals surface area contributed by atoms with Crippen molar-refractivity contribution in [1.82, 2.24) is 5.16 Å². The van der Waals surface area contributed by atoms with Crippen LogP contribution in [0, 0.1) is 0 Å². The molecule has 0 saturated carbocycles. The molecule has 13 heavy (non-hydrogen) atoms. The Labute approximate surface area is 82.0 Å². The van der Waals surface area contributed by atoms with Crippen molar-refractivity contribution in [3.05, 3.63) is 11.8 Å². The van der Waals surface area contributed by atoms with Crippen molar-refractivity contribution in [3.8, 4) is 0 Å². The standard InChI is InChI=1S/C9H14N2OS/c1-9(2)6(3-4-13-9)7-5-8(10)11-12-7/h5-6H,3-4H2,1-2H3,(H2,10,11). The van der Waals surface area contributed by atoms with Crippen LogP contribution in [0.3, 0.4) is 0 Å². The average Bonchev–Trinajstić information content (AvgIpc) is 2.56. The second kappa shape index (κ2) is 2.94. The molecule has 4 heteroatoms. The van der Waals surface area contributed by atoms with Crippen LogP contribution in [0.15, 0.2) is 10.6 Å². The fraction of sp³-hybridized carbons (Fsp3) is 0.667. The second-order valence-electron chi connectivity index (χ2n) is 3.95. The maximum absolute atomic E-state index is 5.52. The van der Waals surface area contributed by atoms with Crippen LogP contribution >= 0.6 is 11.8 Å². The Hall–Kier alpha value is -0.640. The molecule has 0 spiro atoms. The lowest BCUT2D eigenvalue weighted by Gasteiger charge is -2.23. The molecule has 1 aromatic heterocycles. The van der Waals surface area contributed by atoms with E-state index < -0.39 is 0 Å². The number of thioether (sulfide) groups is 1. The average molecular weight is 198 g/mol. The molecule has 0 bridgehead atoms. The van der Waals surface area contributed by atoms with Crippen molar-refractivity contribution in [1.29, 1.82) is 0 Å². The van der Waals surface area contributed by atoms with Crippen molar-refractivity contribution in [2.24, 2.45) is 0 Å². The maximum atomic E-state index is 5.52. The van der Waals surface area contributed by atoms with Crippen LogP contribution in [0.5, 0.6) is 0 Å². The number of hydrogen-bond acceptors (Lipinski definition) is 4. The summed E-state index contributed by atoms with van der Waals surface area (Å²) in [5.41, 5.74) is 5.52. The zero-order valence-corrected chi connectivity index (χ0v) is 8.73.